The van der Waals surface area contributed by atoms with Gasteiger partial charge in [-0.3, -0.25) is 4.79 Å². The SMILES string of the molecule is COc1ccc(C(=O)N2CCN(c3cccc(C)c3C)CC2)cc1COc1ccc(C)c(C)c1. The molecule has 0 unspecified atom stereocenters. The van der Waals surface area contributed by atoms with Gasteiger partial charge >= 0.3 is 0 Å². The number of amides is 1. The van der Waals surface area contributed by atoms with Crippen molar-refractivity contribution in [2.45, 2.75) is 34.3 Å². The van der Waals surface area contributed by atoms with E-state index in [2.05, 4.69) is 56.9 Å². The monoisotopic (exact) mass is 458 g/mol. The van der Waals surface area contributed by atoms with Crippen LogP contribution in [0.25, 0.3) is 0 Å². The van der Waals surface area contributed by atoms with Crippen molar-refractivity contribution in [2.75, 3.05) is 38.2 Å². The second kappa shape index (κ2) is 10.2. The second-order valence-electron chi connectivity index (χ2n) is 9.06. The van der Waals surface area contributed by atoms with Crippen molar-refractivity contribution in [3.05, 3.63) is 88.0 Å². The lowest BCUT2D eigenvalue weighted by Gasteiger charge is -2.37. The molecule has 34 heavy (non-hydrogen) atoms. The van der Waals surface area contributed by atoms with E-state index in [1.54, 1.807) is 7.11 Å². The van der Waals surface area contributed by atoms with Crippen LogP contribution in [0.15, 0.2) is 54.6 Å². The van der Waals surface area contributed by atoms with Crippen molar-refractivity contribution in [1.82, 2.24) is 4.90 Å². The Morgan fingerprint density at radius 3 is 2.32 bits per heavy atom. The first-order valence-corrected chi connectivity index (χ1v) is 11.8. The van der Waals surface area contributed by atoms with Gasteiger partial charge in [-0.2, -0.15) is 0 Å². The number of ether oxygens (including phenoxy) is 2. The van der Waals surface area contributed by atoms with Gasteiger partial charge in [0.15, 0.2) is 0 Å². The smallest absolute Gasteiger partial charge is 0.253 e. The van der Waals surface area contributed by atoms with E-state index in [1.165, 1.54) is 27.9 Å². The molecule has 1 amide bonds. The third-order valence-electron chi connectivity index (χ3n) is 6.88. The number of hydrogen-bond donors (Lipinski definition) is 0. The molecule has 1 heterocycles. The number of hydrogen-bond acceptors (Lipinski definition) is 4. The van der Waals surface area contributed by atoms with E-state index >= 15 is 0 Å². The minimum atomic E-state index is 0.0516. The van der Waals surface area contributed by atoms with E-state index < -0.39 is 0 Å². The van der Waals surface area contributed by atoms with Crippen LogP contribution in [-0.4, -0.2) is 44.1 Å². The van der Waals surface area contributed by atoms with Gasteiger partial charge < -0.3 is 19.3 Å². The first-order chi connectivity index (χ1) is 16.4. The highest BCUT2D eigenvalue weighted by atomic mass is 16.5. The molecule has 5 nitrogen and oxygen atoms in total. The van der Waals surface area contributed by atoms with E-state index in [1.807, 2.05) is 35.2 Å². The molecule has 1 aliphatic heterocycles. The fraction of sp³-hybridized carbons (Fsp3) is 0.345. The molecule has 5 heteroatoms. The number of piperazine rings is 1. The zero-order chi connectivity index (χ0) is 24.2. The molecule has 0 saturated carbocycles. The molecule has 0 atom stereocenters. The van der Waals surface area contributed by atoms with Crippen molar-refractivity contribution in [2.24, 2.45) is 0 Å². The molecule has 3 aromatic carbocycles. The van der Waals surface area contributed by atoms with E-state index in [0.29, 0.717) is 25.3 Å². The Balaban J connectivity index is 1.44. The molecule has 178 valence electrons. The highest BCUT2D eigenvalue weighted by Crippen LogP contribution is 2.26. The number of rotatable bonds is 6. The summed E-state index contributed by atoms with van der Waals surface area (Å²) in [6, 6.07) is 18.1. The molecule has 4 rings (SSSR count). The topological polar surface area (TPSA) is 42.0 Å². The third kappa shape index (κ3) is 5.04. The van der Waals surface area contributed by atoms with Crippen molar-refractivity contribution in [3.8, 4) is 11.5 Å². The maximum Gasteiger partial charge on any atom is 0.253 e. The number of methoxy groups -OCH3 is 1. The minimum Gasteiger partial charge on any atom is -0.496 e. The Morgan fingerprint density at radius 1 is 0.853 bits per heavy atom. The summed E-state index contributed by atoms with van der Waals surface area (Å²) in [7, 11) is 1.64. The highest BCUT2D eigenvalue weighted by Gasteiger charge is 2.24. The zero-order valence-electron chi connectivity index (χ0n) is 20.9. The van der Waals surface area contributed by atoms with E-state index in [4.69, 9.17) is 9.47 Å². The van der Waals surface area contributed by atoms with E-state index in [0.717, 1.165) is 30.2 Å². The van der Waals surface area contributed by atoms with Crippen LogP contribution in [-0.2, 0) is 6.61 Å². The van der Waals surface area contributed by atoms with Gasteiger partial charge in [0.2, 0.25) is 0 Å². The molecule has 1 fully saturated rings. The summed E-state index contributed by atoms with van der Waals surface area (Å²) >= 11 is 0. The molecule has 0 radical (unpaired) electrons. The molecular weight excluding hydrogens is 424 g/mol. The van der Waals surface area contributed by atoms with Crippen LogP contribution in [0.4, 0.5) is 5.69 Å². The Kier molecular flexibility index (Phi) is 7.11. The van der Waals surface area contributed by atoms with Crippen LogP contribution >= 0.6 is 0 Å². The average Bonchev–Trinajstić information content (AvgIpc) is 2.86. The summed E-state index contributed by atoms with van der Waals surface area (Å²) < 4.78 is 11.6. The standard InChI is InChI=1S/C29H34N2O3/c1-20-9-11-26(17-22(20)3)34-19-25-18-24(10-12-28(25)33-5)29(32)31-15-13-30(14-16-31)27-8-6-7-21(2)23(27)4/h6-12,17-18H,13-16,19H2,1-5H3. The lowest BCUT2D eigenvalue weighted by Crippen LogP contribution is -2.49. The van der Waals surface area contributed by atoms with Gasteiger partial charge in [-0.15, -0.1) is 0 Å². The van der Waals surface area contributed by atoms with Gasteiger partial charge in [0, 0.05) is 43.0 Å². The molecule has 0 bridgehead atoms. The number of benzene rings is 3. The predicted molar refractivity (Wildman–Crippen MR) is 137 cm³/mol. The number of carbonyl (C=O) groups excluding carboxylic acids is 1. The molecular formula is C29H34N2O3. The molecule has 1 saturated heterocycles. The number of nitrogens with zero attached hydrogens (tertiary/aromatic N) is 2. The normalized spacial score (nSPS) is 13.7. The Labute approximate surface area is 202 Å². The van der Waals surface area contributed by atoms with Gasteiger partial charge in [0.1, 0.15) is 18.1 Å². The van der Waals surface area contributed by atoms with E-state index in [-0.39, 0.29) is 5.91 Å². The summed E-state index contributed by atoms with van der Waals surface area (Å²) in [6.07, 6.45) is 0. The third-order valence-corrected chi connectivity index (χ3v) is 6.88. The van der Waals surface area contributed by atoms with Crippen molar-refractivity contribution in [3.63, 3.8) is 0 Å². The fourth-order valence-corrected chi connectivity index (χ4v) is 4.40. The first kappa shape index (κ1) is 23.7. The van der Waals surface area contributed by atoms with Crippen LogP contribution in [0.1, 0.15) is 38.2 Å². The minimum absolute atomic E-state index is 0.0516. The summed E-state index contributed by atoms with van der Waals surface area (Å²) in [6.45, 7) is 11.9. The molecule has 0 N–H and O–H groups in total. The lowest BCUT2D eigenvalue weighted by atomic mass is 10.1. The summed E-state index contributed by atoms with van der Waals surface area (Å²) in [5.41, 5.74) is 7.82. The molecule has 1 aliphatic rings. The highest BCUT2D eigenvalue weighted by molar-refractivity contribution is 5.94. The number of aryl methyl sites for hydroxylation is 3. The van der Waals surface area contributed by atoms with Gasteiger partial charge in [-0.05, 0) is 86.3 Å². The number of anilines is 1. The summed E-state index contributed by atoms with van der Waals surface area (Å²) in [5.74, 6) is 1.58. The molecule has 0 aromatic heterocycles. The van der Waals surface area contributed by atoms with Crippen LogP contribution in [0.3, 0.4) is 0 Å². The van der Waals surface area contributed by atoms with E-state index in [9.17, 15) is 4.79 Å². The maximum atomic E-state index is 13.3. The molecule has 0 aliphatic carbocycles. The van der Waals surface area contributed by atoms with Gasteiger partial charge in [0.25, 0.3) is 5.91 Å². The molecule has 0 spiro atoms. The van der Waals surface area contributed by atoms with Crippen LogP contribution < -0.4 is 14.4 Å². The summed E-state index contributed by atoms with van der Waals surface area (Å²) in [5, 5.41) is 0. The Bertz CT molecular complexity index is 1180. The van der Waals surface area contributed by atoms with Gasteiger partial charge in [-0.25, -0.2) is 0 Å². The van der Waals surface area contributed by atoms with Crippen LogP contribution in [0.5, 0.6) is 11.5 Å². The second-order valence-corrected chi connectivity index (χ2v) is 9.06. The van der Waals surface area contributed by atoms with Gasteiger partial charge in [-0.1, -0.05) is 18.2 Å². The van der Waals surface area contributed by atoms with Crippen LogP contribution in [0.2, 0.25) is 0 Å². The fourth-order valence-electron chi connectivity index (χ4n) is 4.40. The van der Waals surface area contributed by atoms with Crippen LogP contribution in [0, 0.1) is 27.7 Å². The lowest BCUT2D eigenvalue weighted by molar-refractivity contribution is 0.0746. The Hall–Kier alpha value is -3.47. The first-order valence-electron chi connectivity index (χ1n) is 11.8. The Morgan fingerprint density at radius 2 is 1.62 bits per heavy atom. The maximum absolute atomic E-state index is 13.3. The van der Waals surface area contributed by atoms with Crippen molar-refractivity contribution in [1.29, 1.82) is 0 Å². The number of carbonyl (C=O) groups is 1. The van der Waals surface area contributed by atoms with Crippen molar-refractivity contribution < 1.29 is 14.3 Å². The molecule has 3 aromatic rings. The zero-order valence-corrected chi connectivity index (χ0v) is 20.9. The largest absolute Gasteiger partial charge is 0.496 e. The summed E-state index contributed by atoms with van der Waals surface area (Å²) in [4.78, 5) is 17.6. The van der Waals surface area contributed by atoms with Gasteiger partial charge in [0.05, 0.1) is 7.11 Å². The predicted octanol–water partition coefficient (Wildman–Crippen LogP) is 5.47. The van der Waals surface area contributed by atoms with Crippen molar-refractivity contribution >= 4 is 11.6 Å². The quantitative estimate of drug-likeness (QED) is 0.491. The average molecular weight is 459 g/mol.